The highest BCUT2D eigenvalue weighted by atomic mass is 16.2. The minimum atomic E-state index is -0.336. The maximum Gasteiger partial charge on any atom is 0.281 e. The Labute approximate surface area is 87.1 Å². The van der Waals surface area contributed by atoms with Gasteiger partial charge in [-0.25, -0.2) is 9.97 Å². The monoisotopic (exact) mass is 205 g/mol. The molecule has 0 bridgehead atoms. The SMILES string of the molecule is CC(C)CN1C(=O)c2nccnc2C1=O. The number of carbonyl (C=O) groups is 2. The van der Waals surface area contributed by atoms with E-state index in [4.69, 9.17) is 0 Å². The number of imide groups is 1. The molecule has 0 fully saturated rings. The third-order valence-electron chi connectivity index (χ3n) is 2.14. The van der Waals surface area contributed by atoms with Crippen molar-refractivity contribution >= 4 is 11.8 Å². The fraction of sp³-hybridized carbons (Fsp3) is 0.400. The van der Waals surface area contributed by atoms with Crippen LogP contribution in [0.5, 0.6) is 0 Å². The standard InChI is InChI=1S/C10H11N3O2/c1-6(2)5-13-9(14)7-8(10(13)15)12-4-3-11-7/h3-4,6H,5H2,1-2H3. The number of hydrogen-bond donors (Lipinski definition) is 0. The van der Waals surface area contributed by atoms with Gasteiger partial charge in [0.05, 0.1) is 0 Å². The smallest absolute Gasteiger partial charge is 0.271 e. The van der Waals surface area contributed by atoms with Gasteiger partial charge in [-0.3, -0.25) is 14.5 Å². The van der Waals surface area contributed by atoms with Crippen molar-refractivity contribution in [3.05, 3.63) is 23.8 Å². The third kappa shape index (κ3) is 1.49. The summed E-state index contributed by atoms with van der Waals surface area (Å²) in [7, 11) is 0. The van der Waals surface area contributed by atoms with Crippen LogP contribution in [0.25, 0.3) is 0 Å². The molecular weight excluding hydrogens is 194 g/mol. The number of rotatable bonds is 2. The van der Waals surface area contributed by atoms with E-state index in [1.54, 1.807) is 0 Å². The van der Waals surface area contributed by atoms with Gasteiger partial charge >= 0.3 is 0 Å². The Kier molecular flexibility index (Phi) is 2.22. The summed E-state index contributed by atoms with van der Waals surface area (Å²) in [5, 5.41) is 0. The first-order chi connectivity index (χ1) is 7.11. The molecule has 5 heteroatoms. The minimum absolute atomic E-state index is 0.170. The predicted octanol–water partition coefficient (Wildman–Crippen LogP) is 0.729. The zero-order valence-electron chi connectivity index (χ0n) is 8.60. The zero-order valence-corrected chi connectivity index (χ0v) is 8.60. The van der Waals surface area contributed by atoms with Crippen molar-refractivity contribution in [2.45, 2.75) is 13.8 Å². The molecule has 1 aromatic heterocycles. The lowest BCUT2D eigenvalue weighted by molar-refractivity contribution is 0.0632. The molecule has 0 aliphatic carbocycles. The van der Waals surface area contributed by atoms with Gasteiger partial charge in [-0.15, -0.1) is 0 Å². The first kappa shape index (κ1) is 9.76. The number of hydrogen-bond acceptors (Lipinski definition) is 4. The van der Waals surface area contributed by atoms with E-state index in [0.717, 1.165) is 0 Å². The Morgan fingerprint density at radius 1 is 1.13 bits per heavy atom. The topological polar surface area (TPSA) is 63.2 Å². The van der Waals surface area contributed by atoms with Crippen molar-refractivity contribution in [3.8, 4) is 0 Å². The van der Waals surface area contributed by atoms with Crippen molar-refractivity contribution in [3.63, 3.8) is 0 Å². The Morgan fingerprint density at radius 2 is 1.60 bits per heavy atom. The zero-order chi connectivity index (χ0) is 11.0. The molecule has 5 nitrogen and oxygen atoms in total. The molecule has 0 atom stereocenters. The molecule has 0 radical (unpaired) electrons. The second kappa shape index (κ2) is 3.42. The number of carbonyl (C=O) groups excluding carboxylic acids is 2. The van der Waals surface area contributed by atoms with Gasteiger partial charge in [-0.1, -0.05) is 13.8 Å². The van der Waals surface area contributed by atoms with E-state index in [-0.39, 0.29) is 29.1 Å². The highest BCUT2D eigenvalue weighted by Gasteiger charge is 2.37. The van der Waals surface area contributed by atoms with Crippen LogP contribution in [0.1, 0.15) is 34.8 Å². The number of nitrogens with zero attached hydrogens (tertiary/aromatic N) is 3. The van der Waals surface area contributed by atoms with Gasteiger partial charge in [0.1, 0.15) is 0 Å². The number of amides is 2. The van der Waals surface area contributed by atoms with Crippen LogP contribution in [0.4, 0.5) is 0 Å². The molecule has 15 heavy (non-hydrogen) atoms. The van der Waals surface area contributed by atoms with E-state index < -0.39 is 0 Å². The first-order valence-electron chi connectivity index (χ1n) is 4.78. The molecule has 2 heterocycles. The lowest BCUT2D eigenvalue weighted by Gasteiger charge is -2.15. The molecule has 1 aliphatic heterocycles. The van der Waals surface area contributed by atoms with Crippen LogP contribution in [-0.2, 0) is 0 Å². The Morgan fingerprint density at radius 3 is 2.00 bits per heavy atom. The fourth-order valence-corrected chi connectivity index (χ4v) is 1.53. The van der Waals surface area contributed by atoms with Crippen molar-refractivity contribution in [2.75, 3.05) is 6.54 Å². The quantitative estimate of drug-likeness (QED) is 0.667. The van der Waals surface area contributed by atoms with Gasteiger partial charge in [0, 0.05) is 18.9 Å². The highest BCUT2D eigenvalue weighted by Crippen LogP contribution is 2.19. The van der Waals surface area contributed by atoms with Crippen LogP contribution in [0.3, 0.4) is 0 Å². The van der Waals surface area contributed by atoms with Gasteiger partial charge in [0.2, 0.25) is 0 Å². The molecular formula is C10H11N3O2. The molecule has 2 amide bonds. The molecule has 0 unspecified atom stereocenters. The molecule has 0 saturated carbocycles. The number of aromatic nitrogens is 2. The van der Waals surface area contributed by atoms with Crippen molar-refractivity contribution < 1.29 is 9.59 Å². The molecule has 2 rings (SSSR count). The Balaban J connectivity index is 2.37. The van der Waals surface area contributed by atoms with Gasteiger partial charge < -0.3 is 0 Å². The van der Waals surface area contributed by atoms with Gasteiger partial charge in [-0.2, -0.15) is 0 Å². The average molecular weight is 205 g/mol. The van der Waals surface area contributed by atoms with Crippen LogP contribution in [0.2, 0.25) is 0 Å². The van der Waals surface area contributed by atoms with Crippen molar-refractivity contribution in [2.24, 2.45) is 5.92 Å². The third-order valence-corrected chi connectivity index (χ3v) is 2.14. The molecule has 0 spiro atoms. The van der Waals surface area contributed by atoms with Crippen LogP contribution >= 0.6 is 0 Å². The lowest BCUT2D eigenvalue weighted by atomic mass is 10.2. The maximum absolute atomic E-state index is 11.7. The second-order valence-electron chi connectivity index (χ2n) is 3.87. The largest absolute Gasteiger partial charge is 0.281 e. The van der Waals surface area contributed by atoms with Crippen LogP contribution < -0.4 is 0 Å². The predicted molar refractivity (Wildman–Crippen MR) is 52.2 cm³/mol. The normalized spacial score (nSPS) is 15.0. The summed E-state index contributed by atoms with van der Waals surface area (Å²) in [4.78, 5) is 32.4. The van der Waals surface area contributed by atoms with Crippen molar-refractivity contribution in [1.82, 2.24) is 14.9 Å². The van der Waals surface area contributed by atoms with E-state index in [0.29, 0.717) is 6.54 Å². The molecule has 0 N–H and O–H groups in total. The van der Waals surface area contributed by atoms with Crippen molar-refractivity contribution in [1.29, 1.82) is 0 Å². The van der Waals surface area contributed by atoms with E-state index in [1.807, 2.05) is 13.8 Å². The second-order valence-corrected chi connectivity index (χ2v) is 3.87. The first-order valence-corrected chi connectivity index (χ1v) is 4.78. The average Bonchev–Trinajstić information content (AvgIpc) is 2.44. The van der Waals surface area contributed by atoms with Gasteiger partial charge in [-0.05, 0) is 5.92 Å². The van der Waals surface area contributed by atoms with Gasteiger partial charge in [0.25, 0.3) is 11.8 Å². The minimum Gasteiger partial charge on any atom is -0.271 e. The van der Waals surface area contributed by atoms with E-state index in [1.165, 1.54) is 17.3 Å². The summed E-state index contributed by atoms with van der Waals surface area (Å²) in [6.07, 6.45) is 2.84. The molecule has 78 valence electrons. The van der Waals surface area contributed by atoms with E-state index >= 15 is 0 Å². The van der Waals surface area contributed by atoms with Crippen LogP contribution in [0, 0.1) is 5.92 Å². The molecule has 1 aromatic rings. The summed E-state index contributed by atoms with van der Waals surface area (Å²) >= 11 is 0. The highest BCUT2D eigenvalue weighted by molar-refractivity contribution is 6.19. The summed E-state index contributed by atoms with van der Waals surface area (Å²) in [5.74, 6) is -0.430. The fourth-order valence-electron chi connectivity index (χ4n) is 1.53. The summed E-state index contributed by atoms with van der Waals surface area (Å²) < 4.78 is 0. The summed E-state index contributed by atoms with van der Waals surface area (Å²) in [5.41, 5.74) is 0.339. The van der Waals surface area contributed by atoms with E-state index in [2.05, 4.69) is 9.97 Å². The molecule has 0 saturated heterocycles. The summed E-state index contributed by atoms with van der Waals surface area (Å²) in [6, 6.07) is 0. The number of fused-ring (bicyclic) bond motifs is 1. The summed E-state index contributed by atoms with van der Waals surface area (Å²) in [6.45, 7) is 4.31. The van der Waals surface area contributed by atoms with Gasteiger partial charge in [0.15, 0.2) is 11.4 Å². The Bertz CT molecular complexity index is 393. The molecule has 1 aliphatic rings. The van der Waals surface area contributed by atoms with Crippen LogP contribution in [-0.4, -0.2) is 33.2 Å². The lowest BCUT2D eigenvalue weighted by Crippen LogP contribution is -2.33. The van der Waals surface area contributed by atoms with Crippen LogP contribution in [0.15, 0.2) is 12.4 Å². The Hall–Kier alpha value is -1.78. The molecule has 0 aromatic carbocycles. The van der Waals surface area contributed by atoms with E-state index in [9.17, 15) is 9.59 Å². The maximum atomic E-state index is 11.7.